The zero-order chi connectivity index (χ0) is 8.67. The Hall–Kier alpha value is -0.280. The van der Waals surface area contributed by atoms with Crippen LogP contribution >= 0.6 is 23.5 Å². The van der Waals surface area contributed by atoms with Crippen molar-refractivity contribution in [2.24, 2.45) is 0 Å². The molecule has 0 amide bonds. The first-order valence-electron chi connectivity index (χ1n) is 4.59. The summed E-state index contributed by atoms with van der Waals surface area (Å²) in [6.45, 7) is 2.46. The van der Waals surface area contributed by atoms with Crippen molar-refractivity contribution < 1.29 is 0 Å². The first-order valence-corrected chi connectivity index (χ1v) is 6.56. The van der Waals surface area contributed by atoms with E-state index >= 15 is 0 Å². The lowest BCUT2D eigenvalue weighted by molar-refractivity contribution is 0.830. The molecule has 0 atom stereocenters. The Balaban J connectivity index is 2.18. The third kappa shape index (κ3) is 1.25. The van der Waals surface area contributed by atoms with E-state index < -0.39 is 0 Å². The van der Waals surface area contributed by atoms with Crippen LogP contribution in [0.15, 0.2) is 28.0 Å². The summed E-state index contributed by atoms with van der Waals surface area (Å²) < 4.78 is 0. The third-order valence-corrected chi connectivity index (χ3v) is 4.57. The van der Waals surface area contributed by atoms with Crippen LogP contribution in [0.5, 0.6) is 0 Å². The Kier molecular flexibility index (Phi) is 1.95. The second-order valence-corrected chi connectivity index (χ2v) is 5.56. The third-order valence-electron chi connectivity index (χ3n) is 2.52. The highest BCUT2D eigenvalue weighted by atomic mass is 32.2. The number of thioether (sulfide) groups is 2. The number of anilines is 1. The van der Waals surface area contributed by atoms with E-state index in [4.69, 9.17) is 0 Å². The number of para-hydroxylation sites is 1. The average Bonchev–Trinajstić information content (AvgIpc) is 2.19. The molecule has 0 unspecified atom stereocenters. The van der Waals surface area contributed by atoms with Crippen LogP contribution in [-0.2, 0) is 0 Å². The van der Waals surface area contributed by atoms with Crippen molar-refractivity contribution >= 4 is 29.2 Å². The molecule has 1 aromatic carbocycles. The molecule has 2 aliphatic rings. The molecular weight excluding hydrogens is 198 g/mol. The molecule has 0 bridgehead atoms. The smallest absolute Gasteiger partial charge is 0.0643 e. The van der Waals surface area contributed by atoms with Crippen LogP contribution in [0.4, 0.5) is 5.69 Å². The maximum atomic E-state index is 2.54. The van der Waals surface area contributed by atoms with E-state index in [1.165, 1.54) is 40.1 Å². The number of hydrogen-bond acceptors (Lipinski definition) is 3. The van der Waals surface area contributed by atoms with Gasteiger partial charge in [0.05, 0.1) is 5.69 Å². The van der Waals surface area contributed by atoms with Crippen LogP contribution < -0.4 is 4.90 Å². The molecule has 0 aromatic heterocycles. The number of benzene rings is 1. The molecule has 0 N–H and O–H groups in total. The van der Waals surface area contributed by atoms with Gasteiger partial charge in [0.15, 0.2) is 0 Å². The summed E-state index contributed by atoms with van der Waals surface area (Å²) in [7, 11) is 0. The zero-order valence-corrected chi connectivity index (χ0v) is 8.96. The second kappa shape index (κ2) is 3.14. The predicted molar refractivity (Wildman–Crippen MR) is 60.1 cm³/mol. The predicted octanol–water partition coefficient (Wildman–Crippen LogP) is 2.70. The normalized spacial score (nSPS) is 19.8. The largest absolute Gasteiger partial charge is 0.368 e. The molecular formula is C10H11NS2. The van der Waals surface area contributed by atoms with Crippen molar-refractivity contribution in [3.05, 3.63) is 18.2 Å². The molecule has 0 saturated heterocycles. The van der Waals surface area contributed by atoms with Gasteiger partial charge in [0.25, 0.3) is 0 Å². The average molecular weight is 209 g/mol. The van der Waals surface area contributed by atoms with Gasteiger partial charge in [-0.2, -0.15) is 0 Å². The van der Waals surface area contributed by atoms with Gasteiger partial charge < -0.3 is 4.90 Å². The Morgan fingerprint density at radius 1 is 1.00 bits per heavy atom. The van der Waals surface area contributed by atoms with E-state index in [0.717, 1.165) is 0 Å². The molecule has 0 aliphatic carbocycles. The van der Waals surface area contributed by atoms with Gasteiger partial charge in [-0.25, -0.2) is 0 Å². The molecule has 68 valence electrons. The topological polar surface area (TPSA) is 3.24 Å². The van der Waals surface area contributed by atoms with Gasteiger partial charge >= 0.3 is 0 Å². The van der Waals surface area contributed by atoms with Crippen molar-refractivity contribution in [2.45, 2.75) is 9.79 Å². The highest BCUT2D eigenvalue weighted by Crippen LogP contribution is 2.43. The summed E-state index contributed by atoms with van der Waals surface area (Å²) in [5, 5.41) is 0. The van der Waals surface area contributed by atoms with Crippen molar-refractivity contribution in [3.8, 4) is 0 Å². The lowest BCUT2D eigenvalue weighted by Gasteiger charge is -2.35. The lowest BCUT2D eigenvalue weighted by Crippen LogP contribution is -2.33. The van der Waals surface area contributed by atoms with Crippen LogP contribution in [0.3, 0.4) is 0 Å². The molecule has 0 fully saturated rings. The standard InChI is InChI=1S/C10H11NS2/c1-2-8-10-9(3-1)13-7-5-11(10)4-6-12-8/h1-3H,4-7H2. The summed E-state index contributed by atoms with van der Waals surface area (Å²) >= 11 is 4.00. The zero-order valence-electron chi connectivity index (χ0n) is 7.32. The Bertz CT molecular complexity index is 309. The summed E-state index contributed by atoms with van der Waals surface area (Å²) in [6.07, 6.45) is 0. The Labute approximate surface area is 86.9 Å². The van der Waals surface area contributed by atoms with E-state index in [2.05, 4.69) is 23.1 Å². The molecule has 0 spiro atoms. The van der Waals surface area contributed by atoms with Gasteiger partial charge in [-0.05, 0) is 12.1 Å². The molecule has 0 saturated carbocycles. The fraction of sp³-hybridized carbons (Fsp3) is 0.400. The van der Waals surface area contributed by atoms with Gasteiger partial charge in [-0.15, -0.1) is 23.5 Å². The van der Waals surface area contributed by atoms with Gasteiger partial charge in [0.2, 0.25) is 0 Å². The van der Waals surface area contributed by atoms with Crippen LogP contribution in [0.1, 0.15) is 0 Å². The summed E-state index contributed by atoms with van der Waals surface area (Å²) in [5.41, 5.74) is 1.51. The fourth-order valence-corrected chi connectivity index (χ4v) is 4.14. The minimum Gasteiger partial charge on any atom is -0.368 e. The summed E-state index contributed by atoms with van der Waals surface area (Å²) in [4.78, 5) is 5.50. The monoisotopic (exact) mass is 209 g/mol. The quantitative estimate of drug-likeness (QED) is 0.647. The van der Waals surface area contributed by atoms with E-state index in [-0.39, 0.29) is 0 Å². The maximum Gasteiger partial charge on any atom is 0.0643 e. The maximum absolute atomic E-state index is 2.54. The van der Waals surface area contributed by atoms with Crippen molar-refractivity contribution in [1.29, 1.82) is 0 Å². The van der Waals surface area contributed by atoms with Gasteiger partial charge in [-0.1, -0.05) is 6.07 Å². The Morgan fingerprint density at radius 2 is 1.62 bits per heavy atom. The second-order valence-electron chi connectivity index (χ2n) is 3.29. The van der Waals surface area contributed by atoms with Gasteiger partial charge in [0.1, 0.15) is 0 Å². The van der Waals surface area contributed by atoms with Gasteiger partial charge in [-0.3, -0.25) is 0 Å². The molecule has 3 heteroatoms. The molecule has 1 aromatic rings. The molecule has 2 heterocycles. The minimum atomic E-state index is 1.23. The molecule has 0 radical (unpaired) electrons. The highest BCUT2D eigenvalue weighted by molar-refractivity contribution is 8.00. The van der Waals surface area contributed by atoms with Crippen molar-refractivity contribution in [1.82, 2.24) is 0 Å². The van der Waals surface area contributed by atoms with Crippen LogP contribution in [0, 0.1) is 0 Å². The van der Waals surface area contributed by atoms with E-state index in [1.54, 1.807) is 0 Å². The highest BCUT2D eigenvalue weighted by Gasteiger charge is 2.23. The van der Waals surface area contributed by atoms with E-state index in [9.17, 15) is 0 Å². The van der Waals surface area contributed by atoms with Crippen LogP contribution in [0.25, 0.3) is 0 Å². The first-order chi connectivity index (χ1) is 6.45. The van der Waals surface area contributed by atoms with Crippen molar-refractivity contribution in [3.63, 3.8) is 0 Å². The SMILES string of the molecule is c1cc2c3c(c1)SCCN3CCS2. The first kappa shape index (κ1) is 8.06. The van der Waals surface area contributed by atoms with Crippen LogP contribution in [0.2, 0.25) is 0 Å². The van der Waals surface area contributed by atoms with Crippen LogP contribution in [-0.4, -0.2) is 24.6 Å². The molecule has 3 rings (SSSR count). The molecule has 13 heavy (non-hydrogen) atoms. The number of nitrogens with zero attached hydrogens (tertiary/aromatic N) is 1. The fourth-order valence-electron chi connectivity index (χ4n) is 1.91. The minimum absolute atomic E-state index is 1.23. The van der Waals surface area contributed by atoms with Gasteiger partial charge in [0, 0.05) is 34.4 Å². The van der Waals surface area contributed by atoms with Crippen molar-refractivity contribution in [2.75, 3.05) is 29.5 Å². The number of hydrogen-bond donors (Lipinski definition) is 0. The summed E-state index contributed by atoms with van der Waals surface area (Å²) in [5.74, 6) is 2.50. The Morgan fingerprint density at radius 3 is 2.23 bits per heavy atom. The number of rotatable bonds is 0. The molecule has 1 nitrogen and oxygen atoms in total. The van der Waals surface area contributed by atoms with E-state index in [1.807, 2.05) is 23.5 Å². The summed E-state index contributed by atoms with van der Waals surface area (Å²) in [6, 6.07) is 6.69. The molecule has 2 aliphatic heterocycles. The lowest BCUT2D eigenvalue weighted by atomic mass is 10.2. The van der Waals surface area contributed by atoms with E-state index in [0.29, 0.717) is 0 Å².